The van der Waals surface area contributed by atoms with Crippen LogP contribution in [0.5, 0.6) is 0 Å². The fourth-order valence-corrected chi connectivity index (χ4v) is 2.74. The van der Waals surface area contributed by atoms with Crippen LogP contribution >= 0.6 is 11.3 Å². The Morgan fingerprint density at radius 3 is 2.57 bits per heavy atom. The monoisotopic (exact) mass is 347 g/mol. The molecule has 0 bridgehead atoms. The zero-order valence-corrected chi connectivity index (χ0v) is 12.6. The first-order valence-electron chi connectivity index (χ1n) is 6.40. The van der Waals surface area contributed by atoms with Crippen LogP contribution in [-0.4, -0.2) is 23.2 Å². The number of aryl methyl sites for hydroxylation is 1. The van der Waals surface area contributed by atoms with E-state index in [9.17, 15) is 22.8 Å². The minimum absolute atomic E-state index is 0.00756. The van der Waals surface area contributed by atoms with Crippen LogP contribution in [0.3, 0.4) is 0 Å². The average Bonchev–Trinajstić information content (AvgIpc) is 3.04. The molecule has 23 heavy (non-hydrogen) atoms. The largest absolute Gasteiger partial charge is 0.478 e. The molecule has 1 atom stereocenters. The fraction of sp³-hybridized carbons (Fsp3) is 0.286. The van der Waals surface area contributed by atoms with Crippen molar-refractivity contribution in [1.29, 1.82) is 0 Å². The summed E-state index contributed by atoms with van der Waals surface area (Å²) < 4.78 is 44.2. The van der Waals surface area contributed by atoms with Crippen LogP contribution in [0.2, 0.25) is 0 Å². The summed E-state index contributed by atoms with van der Waals surface area (Å²) in [6.45, 7) is 1.50. The van der Waals surface area contributed by atoms with Crippen molar-refractivity contribution in [2.75, 3.05) is 0 Å². The van der Waals surface area contributed by atoms with Crippen molar-refractivity contribution in [3.63, 3.8) is 0 Å². The molecule has 0 saturated heterocycles. The van der Waals surface area contributed by atoms with Crippen LogP contribution in [0.25, 0.3) is 0 Å². The lowest BCUT2D eigenvalue weighted by Crippen LogP contribution is -2.38. The summed E-state index contributed by atoms with van der Waals surface area (Å²) in [5, 5.41) is 12.0. The number of carbonyl (C=O) groups excluding carboxylic acids is 1. The van der Waals surface area contributed by atoms with E-state index in [1.165, 1.54) is 24.4 Å². The zero-order chi connectivity index (χ0) is 17.2. The molecule has 2 aromatic rings. The Morgan fingerprint density at radius 1 is 1.39 bits per heavy atom. The number of thiophene rings is 1. The topological polar surface area (TPSA) is 79.5 Å². The van der Waals surface area contributed by atoms with Crippen molar-refractivity contribution >= 4 is 23.2 Å². The Labute approximate surface area is 132 Å². The lowest BCUT2D eigenvalue weighted by molar-refractivity contribution is -0.166. The van der Waals surface area contributed by atoms with Crippen molar-refractivity contribution in [2.24, 2.45) is 0 Å². The Hall–Kier alpha value is -2.29. The fourth-order valence-electron chi connectivity index (χ4n) is 1.88. The van der Waals surface area contributed by atoms with E-state index in [1.54, 1.807) is 0 Å². The van der Waals surface area contributed by atoms with Gasteiger partial charge in [-0.2, -0.15) is 13.2 Å². The van der Waals surface area contributed by atoms with E-state index >= 15 is 0 Å². The molecule has 2 N–H and O–H groups in total. The lowest BCUT2D eigenvalue weighted by Gasteiger charge is -2.19. The molecule has 2 aromatic heterocycles. The Balaban J connectivity index is 2.10. The molecule has 0 aliphatic rings. The van der Waals surface area contributed by atoms with Gasteiger partial charge in [0.05, 0.1) is 12.0 Å². The summed E-state index contributed by atoms with van der Waals surface area (Å²) in [6.07, 6.45) is -5.05. The van der Waals surface area contributed by atoms with Gasteiger partial charge in [-0.1, -0.05) is 0 Å². The third-order valence-corrected chi connectivity index (χ3v) is 3.85. The Morgan fingerprint density at radius 2 is 2.09 bits per heavy atom. The molecule has 0 aliphatic carbocycles. The summed E-state index contributed by atoms with van der Waals surface area (Å²) in [4.78, 5) is 22.9. The predicted octanol–water partition coefficient (Wildman–Crippen LogP) is 3.31. The van der Waals surface area contributed by atoms with Gasteiger partial charge < -0.3 is 14.8 Å². The summed E-state index contributed by atoms with van der Waals surface area (Å²) in [5.74, 6) is -2.14. The minimum Gasteiger partial charge on any atom is -0.478 e. The van der Waals surface area contributed by atoms with Gasteiger partial charge in [-0.3, -0.25) is 4.79 Å². The number of carboxylic acid groups (broad SMARTS) is 1. The molecule has 1 unspecified atom stereocenters. The maximum absolute atomic E-state index is 13.1. The van der Waals surface area contributed by atoms with Crippen LogP contribution in [0.15, 0.2) is 28.0 Å². The molecule has 0 spiro atoms. The molecule has 0 aliphatic heterocycles. The molecule has 0 saturated carbocycles. The number of carboxylic acids is 1. The van der Waals surface area contributed by atoms with E-state index in [0.29, 0.717) is 10.6 Å². The van der Waals surface area contributed by atoms with E-state index in [2.05, 4.69) is 0 Å². The van der Waals surface area contributed by atoms with Crippen LogP contribution in [0.4, 0.5) is 13.2 Å². The van der Waals surface area contributed by atoms with Crippen LogP contribution in [-0.2, 0) is 11.2 Å². The van der Waals surface area contributed by atoms with E-state index < -0.39 is 29.9 Å². The van der Waals surface area contributed by atoms with Gasteiger partial charge in [0.2, 0.25) is 5.91 Å². The average molecular weight is 347 g/mol. The second kappa shape index (κ2) is 6.45. The molecule has 5 nitrogen and oxygen atoms in total. The normalized spacial score (nSPS) is 12.9. The summed E-state index contributed by atoms with van der Waals surface area (Å²) in [7, 11) is 0. The number of hydrogen-bond donors (Lipinski definition) is 2. The third-order valence-electron chi connectivity index (χ3n) is 2.91. The van der Waals surface area contributed by atoms with Crippen molar-refractivity contribution < 1.29 is 32.3 Å². The predicted molar refractivity (Wildman–Crippen MR) is 75.4 cm³/mol. The molecule has 0 fully saturated rings. The van der Waals surface area contributed by atoms with E-state index in [1.807, 2.05) is 5.32 Å². The quantitative estimate of drug-likeness (QED) is 0.870. The maximum atomic E-state index is 13.1. The third kappa shape index (κ3) is 4.35. The number of furan rings is 1. The summed E-state index contributed by atoms with van der Waals surface area (Å²) >= 11 is 0.994. The van der Waals surface area contributed by atoms with Gasteiger partial charge in [-0.25, -0.2) is 4.79 Å². The Kier molecular flexibility index (Phi) is 4.79. The molecule has 0 radical (unpaired) electrons. The van der Waals surface area contributed by atoms with Crippen LogP contribution < -0.4 is 5.32 Å². The van der Waals surface area contributed by atoms with E-state index in [0.717, 1.165) is 17.4 Å². The number of rotatable bonds is 5. The number of halogens is 3. The van der Waals surface area contributed by atoms with Gasteiger partial charge in [0.25, 0.3) is 0 Å². The first kappa shape index (κ1) is 17.1. The van der Waals surface area contributed by atoms with Crippen LogP contribution in [0, 0.1) is 6.92 Å². The van der Waals surface area contributed by atoms with Crippen LogP contribution in [0.1, 0.15) is 32.8 Å². The number of aromatic carboxylic acids is 1. The smallest absolute Gasteiger partial charge is 0.415 e. The van der Waals surface area contributed by atoms with Gasteiger partial charge in [0, 0.05) is 10.3 Å². The SMILES string of the molecule is Cc1ccc(C(NC(=O)Cc2cc(C(=O)O)cs2)C(F)(F)F)o1. The first-order chi connectivity index (χ1) is 10.7. The van der Waals surface area contributed by atoms with Gasteiger partial charge in [0.1, 0.15) is 11.5 Å². The standard InChI is InChI=1S/C14H12F3NO4S/c1-7-2-3-10(22-7)12(14(15,16)17)18-11(19)5-9-4-8(6-23-9)13(20)21/h2-4,6,12H,5H2,1H3,(H,18,19)(H,20,21). The summed E-state index contributed by atoms with van der Waals surface area (Å²) in [6, 6.07) is 1.54. The number of alkyl halides is 3. The second-order valence-electron chi connectivity index (χ2n) is 4.77. The minimum atomic E-state index is -4.71. The number of hydrogen-bond acceptors (Lipinski definition) is 4. The molecular weight excluding hydrogens is 335 g/mol. The number of nitrogens with one attached hydrogen (secondary N) is 1. The van der Waals surface area contributed by atoms with E-state index in [4.69, 9.17) is 9.52 Å². The number of carbonyl (C=O) groups is 2. The van der Waals surface area contributed by atoms with Crippen molar-refractivity contribution in [3.05, 3.63) is 45.5 Å². The van der Waals surface area contributed by atoms with Crippen molar-refractivity contribution in [1.82, 2.24) is 5.32 Å². The lowest BCUT2D eigenvalue weighted by atomic mass is 10.2. The van der Waals surface area contributed by atoms with Gasteiger partial charge in [-0.05, 0) is 25.1 Å². The highest BCUT2D eigenvalue weighted by atomic mass is 32.1. The van der Waals surface area contributed by atoms with Gasteiger partial charge in [0.15, 0.2) is 6.04 Å². The molecule has 0 aromatic carbocycles. The zero-order valence-electron chi connectivity index (χ0n) is 11.8. The van der Waals surface area contributed by atoms with Gasteiger partial charge in [-0.15, -0.1) is 11.3 Å². The maximum Gasteiger partial charge on any atom is 0.415 e. The molecule has 124 valence electrons. The molecule has 9 heteroatoms. The highest BCUT2D eigenvalue weighted by molar-refractivity contribution is 7.10. The highest BCUT2D eigenvalue weighted by Gasteiger charge is 2.44. The van der Waals surface area contributed by atoms with Crippen molar-refractivity contribution in [2.45, 2.75) is 25.6 Å². The van der Waals surface area contributed by atoms with Crippen molar-refractivity contribution in [3.8, 4) is 0 Å². The highest BCUT2D eigenvalue weighted by Crippen LogP contribution is 2.33. The second-order valence-corrected chi connectivity index (χ2v) is 5.77. The number of amides is 1. The Bertz CT molecular complexity index is 720. The van der Waals surface area contributed by atoms with E-state index in [-0.39, 0.29) is 12.0 Å². The molecular formula is C14H12F3NO4S. The summed E-state index contributed by atoms with van der Waals surface area (Å²) in [5.41, 5.74) is -0.00756. The molecule has 2 rings (SSSR count). The van der Waals surface area contributed by atoms with Gasteiger partial charge >= 0.3 is 12.1 Å². The first-order valence-corrected chi connectivity index (χ1v) is 7.28. The molecule has 1 amide bonds. The molecule has 2 heterocycles.